The average Bonchev–Trinajstić information content (AvgIpc) is 2.73. The van der Waals surface area contributed by atoms with Crippen LogP contribution in [-0.2, 0) is 14.3 Å². The molecule has 194 valence electrons. The highest BCUT2D eigenvalue weighted by molar-refractivity contribution is 5.76. The fourth-order valence-corrected chi connectivity index (χ4v) is 3.29. The minimum atomic E-state index is -0.481. The second-order valence-electron chi connectivity index (χ2n) is 9.66. The second-order valence-corrected chi connectivity index (χ2v) is 9.66. The zero-order valence-electron chi connectivity index (χ0n) is 21.4. The lowest BCUT2D eigenvalue weighted by Gasteiger charge is -2.19. The topological polar surface area (TPSA) is 123 Å². The van der Waals surface area contributed by atoms with Crippen molar-refractivity contribution >= 4 is 17.9 Å². The fraction of sp³-hybridized carbons (Fsp3) is 0.880. The van der Waals surface area contributed by atoms with E-state index in [0.29, 0.717) is 25.9 Å². The van der Waals surface area contributed by atoms with E-state index in [1.165, 1.54) is 0 Å². The van der Waals surface area contributed by atoms with Gasteiger partial charge in [0.25, 0.3) is 0 Å². The lowest BCUT2D eigenvalue weighted by Crippen LogP contribution is -2.33. The van der Waals surface area contributed by atoms with Gasteiger partial charge in [-0.25, -0.2) is 4.79 Å². The van der Waals surface area contributed by atoms with Crippen molar-refractivity contribution < 1.29 is 19.1 Å². The van der Waals surface area contributed by atoms with Crippen LogP contribution < -0.4 is 21.7 Å². The SMILES string of the molecule is CC(C)(C)OC(=O)NCCCCCC(=O)NCCCCCCCCNC(=O)CCCCCN. The van der Waals surface area contributed by atoms with Crippen LogP contribution in [0.5, 0.6) is 0 Å². The maximum Gasteiger partial charge on any atom is 0.407 e. The van der Waals surface area contributed by atoms with Crippen molar-refractivity contribution in [1.82, 2.24) is 16.0 Å². The van der Waals surface area contributed by atoms with E-state index >= 15 is 0 Å². The van der Waals surface area contributed by atoms with Gasteiger partial charge in [-0.05, 0) is 65.8 Å². The number of alkyl carbamates (subject to hydrolysis) is 1. The molecule has 0 unspecified atom stereocenters. The van der Waals surface area contributed by atoms with Crippen molar-refractivity contribution in [2.45, 2.75) is 116 Å². The molecule has 0 saturated carbocycles. The molecule has 0 heterocycles. The Kier molecular flexibility index (Phi) is 19.6. The number of rotatable bonds is 20. The number of amides is 3. The first-order valence-corrected chi connectivity index (χ1v) is 12.9. The Bertz CT molecular complexity index is 521. The van der Waals surface area contributed by atoms with Crippen LogP contribution in [0.2, 0.25) is 0 Å². The van der Waals surface area contributed by atoms with E-state index in [1.807, 2.05) is 20.8 Å². The fourth-order valence-electron chi connectivity index (χ4n) is 3.29. The van der Waals surface area contributed by atoms with Gasteiger partial charge in [-0.1, -0.05) is 38.5 Å². The molecule has 0 aromatic carbocycles. The Morgan fingerprint density at radius 2 is 1.00 bits per heavy atom. The summed E-state index contributed by atoms with van der Waals surface area (Å²) in [6.07, 6.45) is 12.9. The molecule has 0 saturated heterocycles. The molecule has 8 nitrogen and oxygen atoms in total. The molecule has 0 radical (unpaired) electrons. The monoisotopic (exact) mass is 470 g/mol. The molecule has 0 fully saturated rings. The smallest absolute Gasteiger partial charge is 0.407 e. The molecule has 0 rings (SSSR count). The predicted molar refractivity (Wildman–Crippen MR) is 134 cm³/mol. The van der Waals surface area contributed by atoms with Gasteiger partial charge in [-0.15, -0.1) is 0 Å². The number of hydrogen-bond acceptors (Lipinski definition) is 5. The maximum atomic E-state index is 11.9. The van der Waals surface area contributed by atoms with Crippen molar-refractivity contribution in [2.75, 3.05) is 26.2 Å². The molecule has 0 aromatic rings. The Morgan fingerprint density at radius 3 is 1.45 bits per heavy atom. The van der Waals surface area contributed by atoms with E-state index in [4.69, 9.17) is 10.5 Å². The van der Waals surface area contributed by atoms with E-state index in [1.54, 1.807) is 0 Å². The van der Waals surface area contributed by atoms with Crippen molar-refractivity contribution in [1.29, 1.82) is 0 Å². The first-order valence-electron chi connectivity index (χ1n) is 12.9. The summed E-state index contributed by atoms with van der Waals surface area (Å²) < 4.78 is 5.17. The molecule has 8 heteroatoms. The van der Waals surface area contributed by atoms with Gasteiger partial charge in [-0.3, -0.25) is 9.59 Å². The van der Waals surface area contributed by atoms with Crippen LogP contribution in [0.4, 0.5) is 4.79 Å². The van der Waals surface area contributed by atoms with E-state index in [9.17, 15) is 14.4 Å². The van der Waals surface area contributed by atoms with Crippen molar-refractivity contribution in [3.63, 3.8) is 0 Å². The van der Waals surface area contributed by atoms with Gasteiger partial charge in [0.1, 0.15) is 5.60 Å². The highest BCUT2D eigenvalue weighted by atomic mass is 16.6. The number of hydrogen-bond donors (Lipinski definition) is 4. The number of unbranched alkanes of at least 4 members (excludes halogenated alkanes) is 9. The van der Waals surface area contributed by atoms with Crippen molar-refractivity contribution in [2.24, 2.45) is 5.73 Å². The molecule has 0 atom stereocenters. The van der Waals surface area contributed by atoms with Gasteiger partial charge in [-0.2, -0.15) is 0 Å². The third-order valence-electron chi connectivity index (χ3n) is 5.10. The maximum absolute atomic E-state index is 11.9. The standard InChI is InChI=1S/C25H50N4O4/c1-25(2,3)33-24(32)29-21-15-9-11-17-23(31)28-20-14-7-5-4-6-13-19-27-22(30)16-10-8-12-18-26/h4-21,26H2,1-3H3,(H,27,30)(H,28,31)(H,29,32). The van der Waals surface area contributed by atoms with E-state index < -0.39 is 11.7 Å². The van der Waals surface area contributed by atoms with E-state index in [-0.39, 0.29) is 11.8 Å². The summed E-state index contributed by atoms with van der Waals surface area (Å²) in [6.45, 7) is 8.28. The number of ether oxygens (including phenoxy) is 1. The van der Waals surface area contributed by atoms with E-state index in [2.05, 4.69) is 16.0 Å². The Labute approximate surface area is 201 Å². The van der Waals surface area contributed by atoms with Crippen LogP contribution in [0, 0.1) is 0 Å². The number of carbonyl (C=O) groups excluding carboxylic acids is 3. The summed E-state index contributed by atoms with van der Waals surface area (Å²) in [4.78, 5) is 35.0. The first kappa shape index (κ1) is 31.2. The predicted octanol–water partition coefficient (Wildman–Crippen LogP) is 4.16. The van der Waals surface area contributed by atoms with Crippen molar-refractivity contribution in [3.05, 3.63) is 0 Å². The molecule has 5 N–H and O–H groups in total. The highest BCUT2D eigenvalue weighted by Gasteiger charge is 2.15. The van der Waals surface area contributed by atoms with Crippen LogP contribution in [0.3, 0.4) is 0 Å². The summed E-state index contributed by atoms with van der Waals surface area (Å²) in [5.41, 5.74) is 4.96. The molecule has 3 amide bonds. The Hall–Kier alpha value is -1.83. The van der Waals surface area contributed by atoms with Gasteiger partial charge in [0, 0.05) is 32.5 Å². The summed E-state index contributed by atoms with van der Waals surface area (Å²) >= 11 is 0. The molecule has 33 heavy (non-hydrogen) atoms. The third kappa shape index (κ3) is 24.6. The third-order valence-corrected chi connectivity index (χ3v) is 5.10. The first-order chi connectivity index (χ1) is 15.7. The van der Waals surface area contributed by atoms with Crippen LogP contribution in [0.15, 0.2) is 0 Å². The normalized spacial score (nSPS) is 11.2. The van der Waals surface area contributed by atoms with Gasteiger partial charge in [0.2, 0.25) is 11.8 Å². The number of nitrogens with two attached hydrogens (primary N) is 1. The molecule has 0 bridgehead atoms. The van der Waals surface area contributed by atoms with Gasteiger partial charge < -0.3 is 26.4 Å². The summed E-state index contributed by atoms with van der Waals surface area (Å²) in [5.74, 6) is 0.258. The van der Waals surface area contributed by atoms with Crippen molar-refractivity contribution in [3.8, 4) is 0 Å². The minimum absolute atomic E-state index is 0.105. The zero-order chi connectivity index (χ0) is 24.8. The highest BCUT2D eigenvalue weighted by Crippen LogP contribution is 2.07. The summed E-state index contributed by atoms with van der Waals surface area (Å²) in [7, 11) is 0. The molecule has 0 aromatic heterocycles. The van der Waals surface area contributed by atoms with Crippen LogP contribution in [-0.4, -0.2) is 49.7 Å². The Morgan fingerprint density at radius 1 is 0.606 bits per heavy atom. The van der Waals surface area contributed by atoms with Crippen LogP contribution in [0.1, 0.15) is 111 Å². The summed E-state index contributed by atoms with van der Waals surface area (Å²) in [5, 5.41) is 8.69. The van der Waals surface area contributed by atoms with Gasteiger partial charge in [0.15, 0.2) is 0 Å². The number of carbonyl (C=O) groups is 3. The largest absolute Gasteiger partial charge is 0.444 e. The number of nitrogens with one attached hydrogen (secondary N) is 3. The molecule has 0 aliphatic rings. The molecule has 0 aliphatic heterocycles. The average molecular weight is 471 g/mol. The molecular weight excluding hydrogens is 420 g/mol. The molecular formula is C25H50N4O4. The van der Waals surface area contributed by atoms with Gasteiger partial charge >= 0.3 is 6.09 Å². The molecule has 0 spiro atoms. The minimum Gasteiger partial charge on any atom is -0.444 e. The van der Waals surface area contributed by atoms with E-state index in [0.717, 1.165) is 90.1 Å². The lowest BCUT2D eigenvalue weighted by atomic mass is 10.1. The summed E-state index contributed by atoms with van der Waals surface area (Å²) in [6, 6.07) is 0. The Balaban J connectivity index is 3.35. The second kappa shape index (κ2) is 20.8. The molecule has 0 aliphatic carbocycles. The quantitative estimate of drug-likeness (QED) is 0.199. The zero-order valence-corrected chi connectivity index (χ0v) is 21.4. The van der Waals surface area contributed by atoms with Crippen LogP contribution >= 0.6 is 0 Å². The lowest BCUT2D eigenvalue weighted by molar-refractivity contribution is -0.122. The van der Waals surface area contributed by atoms with Crippen LogP contribution in [0.25, 0.3) is 0 Å². The van der Waals surface area contributed by atoms with Gasteiger partial charge in [0.05, 0.1) is 0 Å².